The van der Waals surface area contributed by atoms with Gasteiger partial charge in [0.1, 0.15) is 23.3 Å². The van der Waals surface area contributed by atoms with Crippen molar-refractivity contribution in [2.75, 3.05) is 5.32 Å². The Morgan fingerprint density at radius 3 is 2.79 bits per heavy atom. The van der Waals surface area contributed by atoms with E-state index < -0.39 is 5.60 Å². The number of hydrogen-bond acceptors (Lipinski definition) is 6. The summed E-state index contributed by atoms with van der Waals surface area (Å²) in [4.78, 5) is 15.7. The van der Waals surface area contributed by atoms with E-state index >= 15 is 0 Å². The average molecular weight is 433 g/mol. The van der Waals surface area contributed by atoms with Crippen molar-refractivity contribution in [2.45, 2.75) is 25.4 Å². The third kappa shape index (κ3) is 1.98. The highest BCUT2D eigenvalue weighted by atomic mass is 127. The maximum absolute atomic E-state index is 11.2. The van der Waals surface area contributed by atoms with Crippen LogP contribution in [0.1, 0.15) is 24.1 Å². The normalized spacial score (nSPS) is 16.7. The van der Waals surface area contributed by atoms with Crippen molar-refractivity contribution in [2.24, 2.45) is 7.05 Å². The van der Waals surface area contributed by atoms with Crippen LogP contribution in [-0.4, -0.2) is 26.3 Å². The van der Waals surface area contributed by atoms with Gasteiger partial charge in [-0.25, -0.2) is 9.78 Å². The summed E-state index contributed by atoms with van der Waals surface area (Å²) in [6, 6.07) is 2.25. The van der Waals surface area contributed by atoms with E-state index in [0.29, 0.717) is 34.1 Å². The molecule has 0 atom stereocenters. The largest absolute Gasteiger partial charge is 0.475 e. The minimum atomic E-state index is -0.672. The number of nitrogens with zero attached hydrogens (tertiary/aromatic N) is 4. The first-order valence-corrected chi connectivity index (χ1v) is 8.43. The van der Waals surface area contributed by atoms with Crippen LogP contribution in [0.2, 0.25) is 0 Å². The Labute approximate surface area is 151 Å². The molecule has 2 aliphatic rings. The average Bonchev–Trinajstić information content (AvgIpc) is 3.25. The van der Waals surface area contributed by atoms with Crippen molar-refractivity contribution in [3.8, 4) is 23.1 Å². The Bertz CT molecular complexity index is 958. The summed E-state index contributed by atoms with van der Waals surface area (Å²) >= 11 is 2.19. The number of fused-ring (bicyclic) bond motifs is 1. The highest BCUT2D eigenvalue weighted by Crippen LogP contribution is 2.52. The van der Waals surface area contributed by atoms with Crippen LogP contribution in [0.25, 0.3) is 11.3 Å². The van der Waals surface area contributed by atoms with Gasteiger partial charge in [0.25, 0.3) is 0 Å². The summed E-state index contributed by atoms with van der Waals surface area (Å²) in [5.74, 6) is 2.69. The van der Waals surface area contributed by atoms with Gasteiger partial charge < -0.3 is 10.1 Å². The minimum Gasteiger partial charge on any atom is -0.475 e. The summed E-state index contributed by atoms with van der Waals surface area (Å²) < 4.78 is 8.70. The molecule has 2 aromatic heterocycles. The Kier molecular flexibility index (Phi) is 3.20. The molecule has 0 saturated heterocycles. The second kappa shape index (κ2) is 5.06. The third-order valence-electron chi connectivity index (χ3n) is 4.38. The van der Waals surface area contributed by atoms with Gasteiger partial charge in [-0.1, -0.05) is 0 Å². The number of nitriles is 1. The van der Waals surface area contributed by atoms with Crippen LogP contribution < -0.4 is 10.1 Å². The maximum Gasteiger partial charge on any atom is 0.181 e. The maximum atomic E-state index is 11.2. The lowest BCUT2D eigenvalue weighted by atomic mass is 10.0. The predicted octanol–water partition coefficient (Wildman–Crippen LogP) is 2.32. The zero-order valence-electron chi connectivity index (χ0n) is 13.0. The molecule has 1 spiro atoms. The summed E-state index contributed by atoms with van der Waals surface area (Å²) in [7, 11) is 1.83. The Balaban J connectivity index is 2.00. The molecule has 4 rings (SSSR count). The van der Waals surface area contributed by atoms with Gasteiger partial charge in [-0.15, -0.1) is 0 Å². The Hall–Kier alpha value is -2.37. The summed E-state index contributed by atoms with van der Waals surface area (Å²) in [5, 5.41) is 17.0. The number of anilines is 1. The lowest BCUT2D eigenvalue weighted by Crippen LogP contribution is -2.32. The highest BCUT2D eigenvalue weighted by molar-refractivity contribution is 14.1. The topological polar surface area (TPSA) is 92.8 Å². The molecule has 0 bridgehead atoms. The fraction of sp³-hybridized carbons (Fsp3) is 0.312. The minimum absolute atomic E-state index is 0.355. The molecule has 1 fully saturated rings. The number of aryl methyl sites for hydroxylation is 2. The monoisotopic (exact) mass is 433 g/mol. The summed E-state index contributed by atoms with van der Waals surface area (Å²) in [5.41, 5.74) is 2.28. The second-order valence-corrected chi connectivity index (χ2v) is 7.06. The molecule has 1 N–H and O–H groups in total. The van der Waals surface area contributed by atoms with Gasteiger partial charge in [-0.05, 0) is 42.4 Å². The first-order chi connectivity index (χ1) is 11.5. The molecule has 1 aliphatic carbocycles. The zero-order chi connectivity index (χ0) is 17.1. The van der Waals surface area contributed by atoms with Crippen LogP contribution in [0.4, 0.5) is 5.82 Å². The molecule has 7 nitrogen and oxygen atoms in total. The fourth-order valence-corrected chi connectivity index (χ4v) is 3.77. The van der Waals surface area contributed by atoms with Crippen molar-refractivity contribution in [3.63, 3.8) is 0 Å². The van der Waals surface area contributed by atoms with Crippen molar-refractivity contribution >= 4 is 34.4 Å². The molecule has 1 aliphatic heterocycles. The number of nitrogens with one attached hydrogen (secondary N) is 1. The molecule has 0 radical (unpaired) electrons. The number of rotatable bonds is 1. The standard InChI is InChI=1S/C16H12IN5O2/c1-8-12(13-10(17)6-19-22(13)2)9(5-18)14-15(20-8)21-11(7-23)16(24-14)3-4-16/h6H,3-4H2,1-2H3,(H,20,21). The van der Waals surface area contributed by atoms with Crippen molar-refractivity contribution < 1.29 is 9.53 Å². The van der Waals surface area contributed by atoms with Crippen LogP contribution in [-0.2, 0) is 11.8 Å². The van der Waals surface area contributed by atoms with E-state index in [1.165, 1.54) is 0 Å². The molecular formula is C16H12IN5O2. The second-order valence-electron chi connectivity index (χ2n) is 5.90. The number of ether oxygens (including phenoxy) is 1. The van der Waals surface area contributed by atoms with E-state index in [0.717, 1.165) is 22.1 Å². The third-order valence-corrected chi connectivity index (χ3v) is 5.17. The van der Waals surface area contributed by atoms with E-state index in [4.69, 9.17) is 4.74 Å². The van der Waals surface area contributed by atoms with Gasteiger partial charge in [-0.2, -0.15) is 10.4 Å². The number of aromatic nitrogens is 3. The van der Waals surface area contributed by atoms with Crippen LogP contribution in [0.3, 0.4) is 0 Å². The molecule has 0 amide bonds. The van der Waals surface area contributed by atoms with E-state index in [1.807, 2.05) is 19.9 Å². The molecule has 0 unspecified atom stereocenters. The van der Waals surface area contributed by atoms with Gasteiger partial charge in [0.05, 0.1) is 21.2 Å². The summed E-state index contributed by atoms with van der Waals surface area (Å²) in [6.07, 6.45) is 3.19. The van der Waals surface area contributed by atoms with Gasteiger partial charge in [0.15, 0.2) is 17.2 Å². The molecule has 24 heavy (non-hydrogen) atoms. The summed E-state index contributed by atoms with van der Waals surface area (Å²) in [6.45, 7) is 1.83. The number of pyridine rings is 1. The van der Waals surface area contributed by atoms with Crippen LogP contribution in [0, 0.1) is 21.8 Å². The quantitative estimate of drug-likeness (QED) is 0.548. The number of hydrogen-bond donors (Lipinski definition) is 1. The molecule has 1 saturated carbocycles. The molecular weight excluding hydrogens is 421 g/mol. The van der Waals surface area contributed by atoms with Gasteiger partial charge in [0.2, 0.25) is 0 Å². The van der Waals surface area contributed by atoms with Crippen LogP contribution >= 0.6 is 22.6 Å². The van der Waals surface area contributed by atoms with E-state index in [1.54, 1.807) is 10.9 Å². The van der Waals surface area contributed by atoms with Crippen LogP contribution in [0.15, 0.2) is 11.9 Å². The fourth-order valence-electron chi connectivity index (χ4n) is 3.02. The van der Waals surface area contributed by atoms with Crippen molar-refractivity contribution in [3.05, 3.63) is 26.7 Å². The van der Waals surface area contributed by atoms with Gasteiger partial charge in [-0.3, -0.25) is 4.68 Å². The first kappa shape index (κ1) is 15.2. The lowest BCUT2D eigenvalue weighted by Gasteiger charge is -2.29. The molecule has 0 aromatic carbocycles. The zero-order valence-corrected chi connectivity index (χ0v) is 15.1. The predicted molar refractivity (Wildman–Crippen MR) is 94.0 cm³/mol. The lowest BCUT2D eigenvalue weighted by molar-refractivity contribution is 0.211. The van der Waals surface area contributed by atoms with Gasteiger partial charge in [0, 0.05) is 12.6 Å². The SMILES string of the molecule is Cc1nc2c(c(C#N)c1-c1c(I)cnn1C)OC1(CC1)C(=C=O)N2. The van der Waals surface area contributed by atoms with Crippen molar-refractivity contribution in [1.29, 1.82) is 5.26 Å². The number of carbonyl (C=O) groups excluding carboxylic acids is 1. The highest BCUT2D eigenvalue weighted by Gasteiger charge is 2.54. The van der Waals surface area contributed by atoms with E-state index in [-0.39, 0.29) is 0 Å². The van der Waals surface area contributed by atoms with E-state index in [2.05, 4.69) is 44.1 Å². The Morgan fingerprint density at radius 2 is 2.25 bits per heavy atom. The van der Waals surface area contributed by atoms with E-state index in [9.17, 15) is 10.1 Å². The van der Waals surface area contributed by atoms with Crippen molar-refractivity contribution in [1.82, 2.24) is 14.8 Å². The smallest absolute Gasteiger partial charge is 0.181 e. The molecule has 2 aromatic rings. The molecule has 3 heterocycles. The molecule has 8 heteroatoms. The van der Waals surface area contributed by atoms with Crippen LogP contribution in [0.5, 0.6) is 5.75 Å². The first-order valence-electron chi connectivity index (χ1n) is 7.35. The number of halogens is 1. The van der Waals surface area contributed by atoms with Gasteiger partial charge >= 0.3 is 0 Å². The Morgan fingerprint density at radius 1 is 1.50 bits per heavy atom. The molecule has 120 valence electrons.